The van der Waals surface area contributed by atoms with Crippen LogP contribution in [0.3, 0.4) is 0 Å². The maximum absolute atomic E-state index is 11.5. The minimum Gasteiger partial charge on any atom is -0.319 e. The Bertz CT molecular complexity index is 418. The van der Waals surface area contributed by atoms with Gasteiger partial charge in [0, 0.05) is 12.1 Å². The van der Waals surface area contributed by atoms with Gasteiger partial charge in [0.25, 0.3) is 5.69 Å². The number of hydrogen-bond acceptors (Lipinski definition) is 4. The Morgan fingerprint density at radius 2 is 2.06 bits per heavy atom. The van der Waals surface area contributed by atoms with Gasteiger partial charge in [-0.3, -0.25) is 14.9 Å². The molecule has 0 aliphatic heterocycles. The fourth-order valence-electron chi connectivity index (χ4n) is 1.23. The molecule has 0 spiro atoms. The Balaban J connectivity index is 2.68. The second-order valence-corrected chi connectivity index (χ2v) is 3.86. The molecule has 17 heavy (non-hydrogen) atoms. The third-order valence-corrected chi connectivity index (χ3v) is 2.05. The van der Waals surface area contributed by atoms with Crippen molar-refractivity contribution in [3.05, 3.63) is 34.4 Å². The van der Waals surface area contributed by atoms with Gasteiger partial charge >= 0.3 is 0 Å². The highest BCUT2D eigenvalue weighted by molar-refractivity contribution is 5.94. The number of nitrogens with zero attached hydrogens (tertiary/aromatic N) is 1. The zero-order valence-electron chi connectivity index (χ0n) is 9.77. The molecule has 0 atom stereocenters. The summed E-state index contributed by atoms with van der Waals surface area (Å²) in [4.78, 5) is 21.7. The molecule has 1 aromatic carbocycles. The fraction of sp³-hybridized carbons (Fsp3) is 0.364. The van der Waals surface area contributed by atoms with E-state index in [1.807, 2.05) is 13.8 Å². The molecule has 92 valence electrons. The minimum absolute atomic E-state index is 0.106. The molecule has 0 saturated carbocycles. The van der Waals surface area contributed by atoms with Crippen molar-refractivity contribution < 1.29 is 9.72 Å². The highest BCUT2D eigenvalue weighted by Gasteiger charge is 2.14. The van der Waals surface area contributed by atoms with E-state index in [1.54, 1.807) is 12.1 Å². The summed E-state index contributed by atoms with van der Waals surface area (Å²) in [6.07, 6.45) is 0. The lowest BCUT2D eigenvalue weighted by atomic mass is 10.2. The molecule has 0 bridgehead atoms. The Kier molecular flexibility index (Phi) is 4.59. The molecule has 0 heterocycles. The van der Waals surface area contributed by atoms with Crippen LogP contribution in [-0.2, 0) is 4.79 Å². The Morgan fingerprint density at radius 1 is 1.41 bits per heavy atom. The molecular weight excluding hydrogens is 222 g/mol. The first-order valence-corrected chi connectivity index (χ1v) is 5.27. The van der Waals surface area contributed by atoms with Gasteiger partial charge in [-0.15, -0.1) is 0 Å². The van der Waals surface area contributed by atoms with Gasteiger partial charge in [-0.1, -0.05) is 26.0 Å². The Morgan fingerprint density at radius 3 is 2.65 bits per heavy atom. The smallest absolute Gasteiger partial charge is 0.292 e. The molecule has 0 aromatic heterocycles. The maximum Gasteiger partial charge on any atom is 0.292 e. The molecule has 0 saturated heterocycles. The number of carbonyl (C=O) groups is 1. The molecule has 2 N–H and O–H groups in total. The number of nitro benzene ring substituents is 1. The van der Waals surface area contributed by atoms with E-state index in [1.165, 1.54) is 12.1 Å². The molecule has 0 aliphatic rings. The van der Waals surface area contributed by atoms with Crippen LogP contribution >= 0.6 is 0 Å². The predicted octanol–water partition coefficient (Wildman–Crippen LogP) is 1.53. The summed E-state index contributed by atoms with van der Waals surface area (Å²) in [5.74, 6) is -0.298. The first kappa shape index (κ1) is 13.1. The first-order chi connectivity index (χ1) is 8.00. The Hall–Kier alpha value is -1.95. The second kappa shape index (κ2) is 5.95. The number of nitro groups is 1. The van der Waals surface area contributed by atoms with E-state index in [2.05, 4.69) is 10.6 Å². The van der Waals surface area contributed by atoms with Gasteiger partial charge in [0.2, 0.25) is 5.91 Å². The van der Waals surface area contributed by atoms with Crippen molar-refractivity contribution in [2.75, 3.05) is 11.9 Å². The van der Waals surface area contributed by atoms with E-state index in [0.29, 0.717) is 0 Å². The number of carbonyl (C=O) groups excluding carboxylic acids is 1. The highest BCUT2D eigenvalue weighted by Crippen LogP contribution is 2.22. The molecule has 0 radical (unpaired) electrons. The molecule has 0 aliphatic carbocycles. The van der Waals surface area contributed by atoms with Crippen LogP contribution in [-0.4, -0.2) is 23.4 Å². The third kappa shape index (κ3) is 4.20. The number of rotatable bonds is 5. The van der Waals surface area contributed by atoms with Gasteiger partial charge in [0.15, 0.2) is 0 Å². The largest absolute Gasteiger partial charge is 0.319 e. The van der Waals surface area contributed by atoms with Crippen LogP contribution in [0.15, 0.2) is 24.3 Å². The van der Waals surface area contributed by atoms with Crippen molar-refractivity contribution in [3.63, 3.8) is 0 Å². The van der Waals surface area contributed by atoms with Gasteiger partial charge in [0.1, 0.15) is 5.69 Å². The van der Waals surface area contributed by atoms with Crippen LogP contribution < -0.4 is 10.6 Å². The van der Waals surface area contributed by atoms with E-state index in [-0.39, 0.29) is 29.9 Å². The monoisotopic (exact) mass is 237 g/mol. The van der Waals surface area contributed by atoms with Crippen molar-refractivity contribution in [3.8, 4) is 0 Å². The van der Waals surface area contributed by atoms with Crippen molar-refractivity contribution >= 4 is 17.3 Å². The van der Waals surface area contributed by atoms with E-state index in [0.717, 1.165) is 0 Å². The first-order valence-electron chi connectivity index (χ1n) is 5.27. The molecule has 1 rings (SSSR count). The summed E-state index contributed by atoms with van der Waals surface area (Å²) in [6, 6.07) is 6.24. The van der Waals surface area contributed by atoms with E-state index in [9.17, 15) is 14.9 Å². The average molecular weight is 237 g/mol. The zero-order valence-corrected chi connectivity index (χ0v) is 9.77. The molecule has 0 unspecified atom stereocenters. The predicted molar refractivity (Wildman–Crippen MR) is 64.9 cm³/mol. The highest BCUT2D eigenvalue weighted by atomic mass is 16.6. The molecule has 0 fully saturated rings. The number of hydrogen-bond donors (Lipinski definition) is 2. The van der Waals surface area contributed by atoms with Crippen LogP contribution in [0.5, 0.6) is 0 Å². The lowest BCUT2D eigenvalue weighted by Gasteiger charge is -2.08. The van der Waals surface area contributed by atoms with Crippen molar-refractivity contribution in [2.24, 2.45) is 0 Å². The molecule has 6 nitrogen and oxygen atoms in total. The summed E-state index contributed by atoms with van der Waals surface area (Å²) < 4.78 is 0. The maximum atomic E-state index is 11.5. The molecular formula is C11H15N3O3. The number of nitrogens with one attached hydrogen (secondary N) is 2. The fourth-order valence-corrected chi connectivity index (χ4v) is 1.23. The van der Waals surface area contributed by atoms with Gasteiger partial charge in [-0.05, 0) is 6.07 Å². The number of anilines is 1. The SMILES string of the molecule is CC(C)NCC(=O)Nc1ccccc1[N+](=O)[O-]. The summed E-state index contributed by atoms with van der Waals surface area (Å²) in [7, 11) is 0. The van der Waals surface area contributed by atoms with Crippen LogP contribution in [0.1, 0.15) is 13.8 Å². The van der Waals surface area contributed by atoms with Crippen LogP contribution in [0.4, 0.5) is 11.4 Å². The summed E-state index contributed by atoms with van der Waals surface area (Å²) in [5.41, 5.74) is 0.110. The van der Waals surface area contributed by atoms with E-state index >= 15 is 0 Å². The van der Waals surface area contributed by atoms with E-state index in [4.69, 9.17) is 0 Å². The Labute approximate surface area is 99.2 Å². The lowest BCUT2D eigenvalue weighted by molar-refractivity contribution is -0.383. The zero-order chi connectivity index (χ0) is 12.8. The van der Waals surface area contributed by atoms with Gasteiger partial charge in [-0.2, -0.15) is 0 Å². The van der Waals surface area contributed by atoms with Crippen molar-refractivity contribution in [1.29, 1.82) is 0 Å². The number of benzene rings is 1. The molecule has 6 heteroatoms. The normalized spacial score (nSPS) is 10.3. The minimum atomic E-state index is -0.522. The van der Waals surface area contributed by atoms with E-state index < -0.39 is 4.92 Å². The number of para-hydroxylation sites is 2. The third-order valence-electron chi connectivity index (χ3n) is 2.05. The second-order valence-electron chi connectivity index (χ2n) is 3.86. The van der Waals surface area contributed by atoms with Crippen molar-refractivity contribution in [1.82, 2.24) is 5.32 Å². The van der Waals surface area contributed by atoms with Gasteiger partial charge in [-0.25, -0.2) is 0 Å². The number of amides is 1. The standard InChI is InChI=1S/C11H15N3O3/c1-8(2)12-7-11(15)13-9-5-3-4-6-10(9)14(16)17/h3-6,8,12H,7H2,1-2H3,(H,13,15). The molecule has 1 aromatic rings. The average Bonchev–Trinajstić information content (AvgIpc) is 2.27. The summed E-state index contributed by atoms with van der Waals surface area (Å²) in [6.45, 7) is 3.96. The summed E-state index contributed by atoms with van der Waals surface area (Å²) in [5, 5.41) is 16.1. The van der Waals surface area contributed by atoms with Crippen LogP contribution in [0.25, 0.3) is 0 Å². The quantitative estimate of drug-likeness (QED) is 0.600. The van der Waals surface area contributed by atoms with Crippen LogP contribution in [0, 0.1) is 10.1 Å². The topological polar surface area (TPSA) is 84.3 Å². The summed E-state index contributed by atoms with van der Waals surface area (Å²) >= 11 is 0. The lowest BCUT2D eigenvalue weighted by Crippen LogP contribution is -2.32. The van der Waals surface area contributed by atoms with Gasteiger partial charge in [0.05, 0.1) is 11.5 Å². The van der Waals surface area contributed by atoms with Crippen molar-refractivity contribution in [2.45, 2.75) is 19.9 Å². The van der Waals surface area contributed by atoms with Crippen LogP contribution in [0.2, 0.25) is 0 Å². The van der Waals surface area contributed by atoms with Gasteiger partial charge < -0.3 is 10.6 Å². The molecule has 1 amide bonds.